The molecule has 0 fully saturated rings. The molecule has 0 radical (unpaired) electrons. The number of aromatic nitrogens is 3. The van der Waals surface area contributed by atoms with Gasteiger partial charge in [-0.25, -0.2) is 4.79 Å². The van der Waals surface area contributed by atoms with E-state index in [4.69, 9.17) is 14.6 Å². The van der Waals surface area contributed by atoms with Crippen LogP contribution in [-0.4, -0.2) is 49.8 Å². The van der Waals surface area contributed by atoms with Gasteiger partial charge in [-0.05, 0) is 49.4 Å². The van der Waals surface area contributed by atoms with Crippen LogP contribution in [0.1, 0.15) is 65.7 Å². The Morgan fingerprint density at radius 3 is 2.44 bits per heavy atom. The van der Waals surface area contributed by atoms with E-state index in [2.05, 4.69) is 10.5 Å². The van der Waals surface area contributed by atoms with Crippen LogP contribution in [0.5, 0.6) is 0 Å². The molecule has 2 N–H and O–H groups in total. The third-order valence-corrected chi connectivity index (χ3v) is 6.76. The highest BCUT2D eigenvalue weighted by molar-refractivity contribution is 5.94. The Morgan fingerprint density at radius 1 is 1.08 bits per heavy atom. The Labute approximate surface area is 226 Å². The molecular formula is C29H33N5O5. The predicted octanol–water partition coefficient (Wildman–Crippen LogP) is 4.55. The van der Waals surface area contributed by atoms with E-state index in [1.807, 2.05) is 56.3 Å². The quantitative estimate of drug-likeness (QED) is 0.271. The van der Waals surface area contributed by atoms with Crippen LogP contribution >= 0.6 is 0 Å². The first-order chi connectivity index (χ1) is 18.8. The van der Waals surface area contributed by atoms with E-state index in [9.17, 15) is 14.4 Å². The molecule has 0 aliphatic carbocycles. The van der Waals surface area contributed by atoms with Crippen molar-refractivity contribution in [3.63, 3.8) is 0 Å². The highest BCUT2D eigenvalue weighted by Crippen LogP contribution is 2.27. The van der Waals surface area contributed by atoms with Gasteiger partial charge in [0.15, 0.2) is 0 Å². The van der Waals surface area contributed by atoms with Crippen LogP contribution in [0.2, 0.25) is 0 Å². The summed E-state index contributed by atoms with van der Waals surface area (Å²) in [6.45, 7) is 6.35. The van der Waals surface area contributed by atoms with E-state index >= 15 is 0 Å². The minimum absolute atomic E-state index is 0.127. The minimum Gasteiger partial charge on any atom is -0.465 e. The number of carboxylic acid groups (broad SMARTS) is 1. The lowest BCUT2D eigenvalue weighted by Crippen LogP contribution is -2.40. The number of hydrogen-bond acceptors (Lipinski definition) is 6. The lowest BCUT2D eigenvalue weighted by Gasteiger charge is -2.32. The van der Waals surface area contributed by atoms with E-state index in [-0.39, 0.29) is 36.8 Å². The Kier molecular flexibility index (Phi) is 8.75. The number of carbonyl (C=O) groups is 2. The highest BCUT2D eigenvalue weighted by atomic mass is 16.5. The van der Waals surface area contributed by atoms with Gasteiger partial charge in [-0.3, -0.25) is 14.2 Å². The number of fused-ring (bicyclic) bond motifs is 1. The van der Waals surface area contributed by atoms with Crippen molar-refractivity contribution in [1.82, 2.24) is 24.9 Å². The zero-order valence-electron chi connectivity index (χ0n) is 22.4. The third-order valence-electron chi connectivity index (χ3n) is 6.76. The van der Waals surface area contributed by atoms with Crippen LogP contribution in [0.15, 0.2) is 63.9 Å². The number of aryl methyl sites for hydroxylation is 2. The van der Waals surface area contributed by atoms with Crippen LogP contribution in [0, 0.1) is 6.92 Å². The van der Waals surface area contributed by atoms with Gasteiger partial charge in [-0.1, -0.05) is 61.5 Å². The van der Waals surface area contributed by atoms with Crippen molar-refractivity contribution >= 4 is 23.1 Å². The molecule has 204 valence electrons. The SMILES string of the molecule is CCc1ccc(C(=O)N(CCCNC(=O)O)C(CC)c2nc3onc(C)c3c(=O)n2Cc2ccccc2)cc1. The summed E-state index contributed by atoms with van der Waals surface area (Å²) >= 11 is 0. The third kappa shape index (κ3) is 6.17. The van der Waals surface area contributed by atoms with Gasteiger partial charge < -0.3 is 19.8 Å². The molecule has 0 saturated heterocycles. The lowest BCUT2D eigenvalue weighted by atomic mass is 10.1. The molecule has 4 aromatic rings. The van der Waals surface area contributed by atoms with Gasteiger partial charge in [0, 0.05) is 18.7 Å². The predicted molar refractivity (Wildman–Crippen MR) is 147 cm³/mol. The molecule has 2 heterocycles. The average molecular weight is 532 g/mol. The molecule has 2 aromatic carbocycles. The van der Waals surface area contributed by atoms with Crippen LogP contribution in [0.3, 0.4) is 0 Å². The summed E-state index contributed by atoms with van der Waals surface area (Å²) < 4.78 is 6.98. The first-order valence-electron chi connectivity index (χ1n) is 13.1. The van der Waals surface area contributed by atoms with E-state index in [0.29, 0.717) is 35.3 Å². The zero-order valence-corrected chi connectivity index (χ0v) is 22.4. The summed E-state index contributed by atoms with van der Waals surface area (Å²) in [5.41, 5.74) is 2.81. The first kappa shape index (κ1) is 27.6. The molecule has 1 unspecified atom stereocenters. The van der Waals surface area contributed by atoms with Crippen molar-refractivity contribution < 1.29 is 19.2 Å². The van der Waals surface area contributed by atoms with Crippen LogP contribution < -0.4 is 10.9 Å². The molecule has 4 rings (SSSR count). The van der Waals surface area contributed by atoms with E-state index in [0.717, 1.165) is 17.5 Å². The molecule has 0 aliphatic heterocycles. The zero-order chi connectivity index (χ0) is 27.9. The second kappa shape index (κ2) is 12.4. The molecule has 39 heavy (non-hydrogen) atoms. The van der Waals surface area contributed by atoms with E-state index in [1.165, 1.54) is 0 Å². The van der Waals surface area contributed by atoms with Crippen LogP contribution in [0.25, 0.3) is 11.1 Å². The summed E-state index contributed by atoms with van der Waals surface area (Å²) in [6.07, 6.45) is 0.571. The highest BCUT2D eigenvalue weighted by Gasteiger charge is 2.30. The van der Waals surface area contributed by atoms with E-state index < -0.39 is 12.1 Å². The number of carbonyl (C=O) groups excluding carboxylic acids is 1. The molecule has 2 amide bonds. The summed E-state index contributed by atoms with van der Waals surface area (Å²) in [5, 5.41) is 15.6. The molecule has 10 nitrogen and oxygen atoms in total. The fraction of sp³-hybridized carbons (Fsp3) is 0.345. The Hall–Kier alpha value is -4.47. The normalized spacial score (nSPS) is 11.9. The van der Waals surface area contributed by atoms with Gasteiger partial charge in [-0.2, -0.15) is 4.98 Å². The van der Waals surface area contributed by atoms with E-state index in [1.54, 1.807) is 28.5 Å². The maximum Gasteiger partial charge on any atom is 0.404 e. The van der Waals surface area contributed by atoms with Gasteiger partial charge >= 0.3 is 6.09 Å². The monoisotopic (exact) mass is 531 g/mol. The maximum absolute atomic E-state index is 13.9. The maximum atomic E-state index is 13.9. The van der Waals surface area contributed by atoms with Gasteiger partial charge in [0.25, 0.3) is 17.2 Å². The van der Waals surface area contributed by atoms with Crippen molar-refractivity contribution in [3.05, 3.63) is 93.2 Å². The standard InChI is InChI=1S/C29H33N5O5/c1-4-20-12-14-22(15-13-20)27(35)33(17-9-16-30-29(37)38)23(5-2)25-31-26-24(19(3)32-39-26)28(36)34(25)18-21-10-7-6-8-11-21/h6-8,10-15,23,30H,4-5,9,16-18H2,1-3H3,(H,37,38). The van der Waals surface area contributed by atoms with Gasteiger partial charge in [-0.15, -0.1) is 0 Å². The second-order valence-corrected chi connectivity index (χ2v) is 9.35. The second-order valence-electron chi connectivity index (χ2n) is 9.35. The number of benzene rings is 2. The molecule has 0 bridgehead atoms. The Balaban J connectivity index is 1.81. The molecule has 1 atom stereocenters. The van der Waals surface area contributed by atoms with Gasteiger partial charge in [0.1, 0.15) is 11.2 Å². The Morgan fingerprint density at radius 2 is 1.79 bits per heavy atom. The molecule has 10 heteroatoms. The topological polar surface area (TPSA) is 131 Å². The van der Waals surface area contributed by atoms with Gasteiger partial charge in [0.05, 0.1) is 18.3 Å². The van der Waals surface area contributed by atoms with Crippen molar-refractivity contribution in [3.8, 4) is 0 Å². The van der Waals surface area contributed by atoms with Crippen molar-refractivity contribution in [2.75, 3.05) is 13.1 Å². The minimum atomic E-state index is -1.13. The number of hydrogen-bond donors (Lipinski definition) is 2. The molecule has 0 aliphatic rings. The number of nitrogens with zero attached hydrogens (tertiary/aromatic N) is 4. The molecule has 0 saturated carbocycles. The number of nitrogens with one attached hydrogen (secondary N) is 1. The lowest BCUT2D eigenvalue weighted by molar-refractivity contribution is 0.0654. The number of amides is 2. The molecule has 2 aromatic heterocycles. The fourth-order valence-electron chi connectivity index (χ4n) is 4.69. The Bertz CT molecular complexity index is 1490. The van der Waals surface area contributed by atoms with Crippen LogP contribution in [-0.2, 0) is 13.0 Å². The molecular weight excluding hydrogens is 498 g/mol. The summed E-state index contributed by atoms with van der Waals surface area (Å²) in [4.78, 5) is 45.1. The average Bonchev–Trinajstić information content (AvgIpc) is 3.32. The van der Waals surface area contributed by atoms with Gasteiger partial charge in [0.2, 0.25) is 0 Å². The van der Waals surface area contributed by atoms with Crippen LogP contribution in [0.4, 0.5) is 4.79 Å². The van der Waals surface area contributed by atoms with Crippen molar-refractivity contribution in [1.29, 1.82) is 0 Å². The van der Waals surface area contributed by atoms with Crippen molar-refractivity contribution in [2.24, 2.45) is 0 Å². The summed E-state index contributed by atoms with van der Waals surface area (Å²) in [5.74, 6) is 0.161. The molecule has 0 spiro atoms. The smallest absolute Gasteiger partial charge is 0.404 e. The fourth-order valence-corrected chi connectivity index (χ4v) is 4.69. The first-order valence-corrected chi connectivity index (χ1v) is 13.1. The number of rotatable bonds is 11. The summed E-state index contributed by atoms with van der Waals surface area (Å²) in [7, 11) is 0. The van der Waals surface area contributed by atoms with Crippen molar-refractivity contribution in [2.45, 2.75) is 52.6 Å². The summed E-state index contributed by atoms with van der Waals surface area (Å²) in [6, 6.07) is 16.4. The largest absolute Gasteiger partial charge is 0.465 e.